The zero-order chi connectivity index (χ0) is 20.7. The van der Waals surface area contributed by atoms with Crippen LogP contribution in [0.25, 0.3) is 0 Å². The molecule has 0 saturated carbocycles. The van der Waals surface area contributed by atoms with Gasteiger partial charge in [0.25, 0.3) is 0 Å². The second-order valence-corrected chi connectivity index (χ2v) is 7.69. The summed E-state index contributed by atoms with van der Waals surface area (Å²) in [5.74, 6) is -0.795. The van der Waals surface area contributed by atoms with E-state index in [1.165, 1.54) is 7.11 Å². The highest BCUT2D eigenvalue weighted by Crippen LogP contribution is 2.49. The molecule has 1 fully saturated rings. The first kappa shape index (κ1) is 20.4. The van der Waals surface area contributed by atoms with E-state index >= 15 is 0 Å². The summed E-state index contributed by atoms with van der Waals surface area (Å²) in [5, 5.41) is 0. The number of aryl methyl sites for hydroxylation is 1. The normalized spacial score (nSPS) is 29.2. The average molecular weight is 390 g/mol. The largest absolute Gasteiger partial charge is 0.465 e. The number of allylic oxidation sites excluding steroid dienone is 1. The fourth-order valence-corrected chi connectivity index (χ4v) is 3.81. The summed E-state index contributed by atoms with van der Waals surface area (Å²) in [4.78, 5) is 23.9. The van der Waals surface area contributed by atoms with E-state index in [2.05, 4.69) is 0 Å². The van der Waals surface area contributed by atoms with Gasteiger partial charge in [0.1, 0.15) is 34.9 Å². The molecule has 1 aromatic rings. The van der Waals surface area contributed by atoms with Gasteiger partial charge < -0.3 is 23.4 Å². The second kappa shape index (κ2) is 7.22. The van der Waals surface area contributed by atoms with Gasteiger partial charge in [0, 0.05) is 6.42 Å². The van der Waals surface area contributed by atoms with Gasteiger partial charge >= 0.3 is 11.9 Å². The summed E-state index contributed by atoms with van der Waals surface area (Å²) in [6, 6.07) is 1.62. The Morgan fingerprint density at radius 3 is 2.68 bits per heavy atom. The number of esters is 2. The highest BCUT2D eigenvalue weighted by Gasteiger charge is 2.54. The Labute approximate surface area is 164 Å². The van der Waals surface area contributed by atoms with Gasteiger partial charge in [0.15, 0.2) is 5.79 Å². The number of carbonyl (C=O) groups is 2. The first-order valence-electron chi connectivity index (χ1n) is 9.20. The number of cyclic esters (lactones) is 1. The maximum atomic E-state index is 12.0. The van der Waals surface area contributed by atoms with Crippen molar-refractivity contribution in [1.29, 1.82) is 0 Å². The molecule has 2 aliphatic rings. The molecule has 0 bridgehead atoms. The lowest BCUT2D eigenvalue weighted by atomic mass is 9.90. The van der Waals surface area contributed by atoms with Crippen molar-refractivity contribution in [3.8, 4) is 0 Å². The quantitative estimate of drug-likeness (QED) is 0.708. The third kappa shape index (κ3) is 3.77. The van der Waals surface area contributed by atoms with Gasteiger partial charge in [0.2, 0.25) is 0 Å². The monoisotopic (exact) mass is 390 g/mol. The zero-order valence-corrected chi connectivity index (χ0v) is 17.0. The molecule has 0 aliphatic carbocycles. The lowest BCUT2D eigenvalue weighted by molar-refractivity contribution is -0.166. The molecule has 0 radical (unpaired) electrons. The van der Waals surface area contributed by atoms with Crippen LogP contribution in [0.1, 0.15) is 62.1 Å². The molecule has 1 aromatic heterocycles. The Morgan fingerprint density at radius 2 is 2.04 bits per heavy atom. The molecule has 3 heterocycles. The van der Waals surface area contributed by atoms with Crippen LogP contribution in [-0.4, -0.2) is 36.5 Å². The molecule has 3 rings (SSSR count). The summed E-state index contributed by atoms with van der Waals surface area (Å²) in [5.41, 5.74) is 0.0249. The number of carbonyl (C=O) groups excluding carboxylic acids is 2. The van der Waals surface area contributed by atoms with Crippen LogP contribution in [0.5, 0.6) is 0 Å². The maximum absolute atomic E-state index is 12.0. The number of hydrogen-bond donors (Lipinski definition) is 0. The van der Waals surface area contributed by atoms with Gasteiger partial charge in [-0.2, -0.15) is 0 Å². The summed E-state index contributed by atoms with van der Waals surface area (Å²) in [6.45, 7) is 9.04. The molecule has 0 spiro atoms. The Bertz CT molecular complexity index is 845. The minimum atomic E-state index is -0.871. The molecule has 7 nitrogen and oxygen atoms in total. The molecule has 2 aliphatic heterocycles. The molecule has 1 saturated heterocycles. The van der Waals surface area contributed by atoms with Gasteiger partial charge in [-0.05, 0) is 46.8 Å². The Kier molecular flexibility index (Phi) is 5.25. The number of rotatable bonds is 5. The highest BCUT2D eigenvalue weighted by molar-refractivity contribution is 5.93. The summed E-state index contributed by atoms with van der Waals surface area (Å²) < 4.78 is 28.4. The fourth-order valence-electron chi connectivity index (χ4n) is 3.81. The molecule has 0 amide bonds. The maximum Gasteiger partial charge on any atom is 0.341 e. The molecule has 0 unspecified atom stereocenters. The molecule has 152 valence electrons. The summed E-state index contributed by atoms with van der Waals surface area (Å²) in [6.07, 6.45) is 4.64. The van der Waals surface area contributed by atoms with E-state index in [0.29, 0.717) is 29.1 Å². The Hall–Kier alpha value is -2.38. The van der Waals surface area contributed by atoms with Crippen molar-refractivity contribution in [3.63, 3.8) is 0 Å². The van der Waals surface area contributed by atoms with Crippen LogP contribution in [-0.2, 0) is 23.7 Å². The molecule has 0 N–H and O–H groups in total. The van der Waals surface area contributed by atoms with Crippen molar-refractivity contribution < 1.29 is 33.0 Å². The molecule has 0 aromatic carbocycles. The van der Waals surface area contributed by atoms with Crippen LogP contribution < -0.4 is 0 Å². The first-order valence-corrected chi connectivity index (χ1v) is 9.20. The molecule has 3 atom stereocenters. The summed E-state index contributed by atoms with van der Waals surface area (Å²) >= 11 is 0. The van der Waals surface area contributed by atoms with Gasteiger partial charge in [0.05, 0.1) is 12.7 Å². The van der Waals surface area contributed by atoms with Crippen LogP contribution in [0.3, 0.4) is 0 Å². The van der Waals surface area contributed by atoms with Gasteiger partial charge in [-0.3, -0.25) is 0 Å². The standard InChI is InChI=1S/C21H26O7/c1-7-8-13-9-14(26-18(13)22)11-21(5)17(27-20(3,4)28-21)16-10-15(12(2)25-16)19(23)24-6/h7-10,14,17H,11H2,1-6H3/b8-7+/t14-,17+,21-/m1/s1. The van der Waals surface area contributed by atoms with Crippen molar-refractivity contribution in [2.75, 3.05) is 7.11 Å². The third-order valence-electron chi connectivity index (χ3n) is 4.85. The number of methoxy groups -OCH3 is 1. The van der Waals surface area contributed by atoms with E-state index < -0.39 is 29.6 Å². The molecule has 28 heavy (non-hydrogen) atoms. The van der Waals surface area contributed by atoms with Crippen molar-refractivity contribution in [1.82, 2.24) is 0 Å². The minimum Gasteiger partial charge on any atom is -0.465 e. The fraction of sp³-hybridized carbons (Fsp3) is 0.524. The smallest absolute Gasteiger partial charge is 0.341 e. The van der Waals surface area contributed by atoms with Crippen molar-refractivity contribution in [3.05, 3.63) is 47.0 Å². The second-order valence-electron chi connectivity index (χ2n) is 7.69. The van der Waals surface area contributed by atoms with Crippen LogP contribution in [0.2, 0.25) is 0 Å². The average Bonchev–Trinajstić information content (AvgIpc) is 3.21. The van der Waals surface area contributed by atoms with Crippen molar-refractivity contribution in [2.24, 2.45) is 0 Å². The minimum absolute atomic E-state index is 0.343. The molecular formula is C21H26O7. The Balaban J connectivity index is 1.90. The van der Waals surface area contributed by atoms with Crippen LogP contribution >= 0.6 is 0 Å². The number of ether oxygens (including phenoxy) is 4. The van der Waals surface area contributed by atoms with E-state index in [1.54, 1.807) is 31.2 Å². The van der Waals surface area contributed by atoms with Crippen LogP contribution in [0.15, 0.2) is 34.3 Å². The van der Waals surface area contributed by atoms with E-state index in [4.69, 9.17) is 23.4 Å². The zero-order valence-electron chi connectivity index (χ0n) is 17.0. The van der Waals surface area contributed by atoms with E-state index in [1.807, 2.05) is 27.7 Å². The first-order chi connectivity index (χ1) is 13.1. The number of hydrogen-bond acceptors (Lipinski definition) is 7. The topological polar surface area (TPSA) is 84.2 Å². The van der Waals surface area contributed by atoms with E-state index in [0.717, 1.165) is 0 Å². The van der Waals surface area contributed by atoms with E-state index in [-0.39, 0.29) is 5.97 Å². The third-order valence-corrected chi connectivity index (χ3v) is 4.85. The van der Waals surface area contributed by atoms with Gasteiger partial charge in [-0.15, -0.1) is 0 Å². The van der Waals surface area contributed by atoms with E-state index in [9.17, 15) is 9.59 Å². The SMILES string of the molecule is C/C=C/C1=C[C@H](C[C@@]2(C)OC(C)(C)O[C@H]2c2cc(C(=O)OC)c(C)o2)OC1=O. The summed E-state index contributed by atoms with van der Waals surface area (Å²) in [7, 11) is 1.32. The lowest BCUT2D eigenvalue weighted by Crippen LogP contribution is -2.36. The lowest BCUT2D eigenvalue weighted by Gasteiger charge is -2.29. The van der Waals surface area contributed by atoms with Crippen LogP contribution in [0, 0.1) is 6.92 Å². The van der Waals surface area contributed by atoms with Crippen molar-refractivity contribution >= 4 is 11.9 Å². The van der Waals surface area contributed by atoms with Crippen molar-refractivity contribution in [2.45, 2.75) is 64.6 Å². The predicted octanol–water partition coefficient (Wildman–Crippen LogP) is 3.78. The molecule has 7 heteroatoms. The van der Waals surface area contributed by atoms with Gasteiger partial charge in [-0.25, -0.2) is 9.59 Å². The molecular weight excluding hydrogens is 364 g/mol. The highest BCUT2D eigenvalue weighted by atomic mass is 16.8. The number of furan rings is 1. The van der Waals surface area contributed by atoms with Crippen LogP contribution in [0.4, 0.5) is 0 Å². The predicted molar refractivity (Wildman–Crippen MR) is 99.6 cm³/mol. The van der Waals surface area contributed by atoms with Gasteiger partial charge in [-0.1, -0.05) is 12.2 Å². The Morgan fingerprint density at radius 1 is 1.32 bits per heavy atom.